The summed E-state index contributed by atoms with van der Waals surface area (Å²) in [5.41, 5.74) is 1.75. The number of imide groups is 1. The molecule has 2 aromatic carbocycles. The molecule has 1 atom stereocenters. The molecular weight excluding hydrogens is 400 g/mol. The molecule has 0 N–H and O–H groups in total. The van der Waals surface area contributed by atoms with E-state index < -0.39 is 23.9 Å². The second-order valence-corrected chi connectivity index (χ2v) is 7.48. The molecule has 0 aromatic heterocycles. The SMILES string of the molecule is Cc1ccccc1N1C(=O)c2ccc(C(=O)OC(C)C(=O)N3CCOCC3)cc2C1=O. The van der Waals surface area contributed by atoms with Crippen LogP contribution in [0.5, 0.6) is 0 Å². The van der Waals surface area contributed by atoms with Crippen molar-refractivity contribution in [3.05, 3.63) is 64.7 Å². The Kier molecular flexibility index (Phi) is 5.56. The van der Waals surface area contributed by atoms with Gasteiger partial charge in [-0.3, -0.25) is 14.4 Å². The fourth-order valence-electron chi connectivity index (χ4n) is 3.72. The van der Waals surface area contributed by atoms with Gasteiger partial charge >= 0.3 is 5.97 Å². The molecule has 2 aromatic rings. The van der Waals surface area contributed by atoms with Crippen molar-refractivity contribution in [2.75, 3.05) is 31.2 Å². The number of rotatable bonds is 4. The van der Waals surface area contributed by atoms with Gasteiger partial charge < -0.3 is 14.4 Å². The number of ether oxygens (including phenoxy) is 2. The van der Waals surface area contributed by atoms with Crippen molar-refractivity contribution in [3.8, 4) is 0 Å². The largest absolute Gasteiger partial charge is 0.449 e. The Morgan fingerprint density at radius 1 is 1.00 bits per heavy atom. The first kappa shape index (κ1) is 20.7. The second kappa shape index (κ2) is 8.31. The van der Waals surface area contributed by atoms with Crippen molar-refractivity contribution >= 4 is 29.4 Å². The Balaban J connectivity index is 1.52. The first-order chi connectivity index (χ1) is 14.9. The minimum absolute atomic E-state index is 0.105. The Bertz CT molecular complexity index is 1070. The lowest BCUT2D eigenvalue weighted by Crippen LogP contribution is -2.46. The molecule has 8 nitrogen and oxygen atoms in total. The van der Waals surface area contributed by atoms with Crippen LogP contribution < -0.4 is 4.90 Å². The molecule has 0 aliphatic carbocycles. The number of benzene rings is 2. The number of hydrogen-bond donors (Lipinski definition) is 0. The van der Waals surface area contributed by atoms with E-state index in [1.54, 1.807) is 17.0 Å². The lowest BCUT2D eigenvalue weighted by Gasteiger charge is -2.28. The molecule has 1 saturated heterocycles. The van der Waals surface area contributed by atoms with Crippen molar-refractivity contribution in [3.63, 3.8) is 0 Å². The van der Waals surface area contributed by atoms with Gasteiger partial charge in [0.15, 0.2) is 6.10 Å². The topological polar surface area (TPSA) is 93.2 Å². The molecule has 1 fully saturated rings. The number of carbonyl (C=O) groups is 4. The molecule has 3 amide bonds. The minimum Gasteiger partial charge on any atom is -0.449 e. The molecule has 0 bridgehead atoms. The molecule has 0 radical (unpaired) electrons. The number of para-hydroxylation sites is 1. The van der Waals surface area contributed by atoms with E-state index >= 15 is 0 Å². The number of morpholine rings is 1. The van der Waals surface area contributed by atoms with E-state index in [9.17, 15) is 19.2 Å². The molecule has 8 heteroatoms. The Morgan fingerprint density at radius 2 is 1.68 bits per heavy atom. The lowest BCUT2D eigenvalue weighted by molar-refractivity contribution is -0.143. The fraction of sp³-hybridized carbons (Fsp3) is 0.304. The third kappa shape index (κ3) is 3.82. The predicted molar refractivity (Wildman–Crippen MR) is 111 cm³/mol. The van der Waals surface area contributed by atoms with Crippen LogP contribution in [-0.2, 0) is 14.3 Å². The van der Waals surface area contributed by atoms with Gasteiger partial charge in [-0.15, -0.1) is 0 Å². The first-order valence-corrected chi connectivity index (χ1v) is 10.0. The van der Waals surface area contributed by atoms with E-state index in [4.69, 9.17) is 9.47 Å². The van der Waals surface area contributed by atoms with Crippen LogP contribution >= 0.6 is 0 Å². The quantitative estimate of drug-likeness (QED) is 0.554. The highest BCUT2D eigenvalue weighted by Crippen LogP contribution is 2.31. The molecule has 31 heavy (non-hydrogen) atoms. The zero-order valence-electron chi connectivity index (χ0n) is 17.3. The van der Waals surface area contributed by atoms with Crippen molar-refractivity contribution < 1.29 is 28.7 Å². The molecule has 0 spiro atoms. The van der Waals surface area contributed by atoms with Gasteiger partial charge in [0.25, 0.3) is 17.7 Å². The predicted octanol–water partition coefficient (Wildman–Crippen LogP) is 2.20. The minimum atomic E-state index is -0.973. The van der Waals surface area contributed by atoms with Gasteiger partial charge in [-0.25, -0.2) is 9.69 Å². The number of fused-ring (bicyclic) bond motifs is 1. The van der Waals surface area contributed by atoms with Crippen molar-refractivity contribution in [2.24, 2.45) is 0 Å². The van der Waals surface area contributed by atoms with Gasteiger partial charge in [-0.2, -0.15) is 0 Å². The average Bonchev–Trinajstić information content (AvgIpc) is 3.03. The van der Waals surface area contributed by atoms with E-state index in [-0.39, 0.29) is 22.6 Å². The second-order valence-electron chi connectivity index (χ2n) is 7.48. The van der Waals surface area contributed by atoms with Gasteiger partial charge in [-0.05, 0) is 43.7 Å². The van der Waals surface area contributed by atoms with Crippen LogP contribution in [0.4, 0.5) is 5.69 Å². The molecule has 1 unspecified atom stereocenters. The maximum Gasteiger partial charge on any atom is 0.338 e. The van der Waals surface area contributed by atoms with Gasteiger partial charge in [-0.1, -0.05) is 18.2 Å². The van der Waals surface area contributed by atoms with Gasteiger partial charge in [0, 0.05) is 13.1 Å². The maximum atomic E-state index is 13.0. The molecule has 4 rings (SSSR count). The van der Waals surface area contributed by atoms with Crippen LogP contribution in [0.3, 0.4) is 0 Å². The molecule has 2 aliphatic rings. The molecule has 0 saturated carbocycles. The van der Waals surface area contributed by atoms with Crippen LogP contribution in [0, 0.1) is 6.92 Å². The normalized spacial score (nSPS) is 16.8. The molecule has 160 valence electrons. The van der Waals surface area contributed by atoms with E-state index in [1.807, 2.05) is 19.1 Å². The van der Waals surface area contributed by atoms with Crippen molar-refractivity contribution in [1.82, 2.24) is 4.90 Å². The number of hydrogen-bond acceptors (Lipinski definition) is 6. The number of nitrogens with zero attached hydrogens (tertiary/aromatic N) is 2. The molecular formula is C23H22N2O6. The number of anilines is 1. The van der Waals surface area contributed by atoms with Crippen LogP contribution in [0.15, 0.2) is 42.5 Å². The highest BCUT2D eigenvalue weighted by molar-refractivity contribution is 6.34. The first-order valence-electron chi connectivity index (χ1n) is 10.0. The zero-order chi connectivity index (χ0) is 22.1. The van der Waals surface area contributed by atoms with Gasteiger partial charge in [0.05, 0.1) is 35.6 Å². The van der Waals surface area contributed by atoms with Crippen molar-refractivity contribution in [1.29, 1.82) is 0 Å². The van der Waals surface area contributed by atoms with Crippen molar-refractivity contribution in [2.45, 2.75) is 20.0 Å². The van der Waals surface area contributed by atoms with Crippen LogP contribution in [0.2, 0.25) is 0 Å². The number of esters is 1. The number of carbonyl (C=O) groups excluding carboxylic acids is 4. The highest BCUT2D eigenvalue weighted by atomic mass is 16.5. The third-order valence-corrected chi connectivity index (χ3v) is 5.43. The summed E-state index contributed by atoms with van der Waals surface area (Å²) in [5, 5.41) is 0. The summed E-state index contributed by atoms with van der Waals surface area (Å²) in [7, 11) is 0. The standard InChI is InChI=1S/C23H22N2O6/c1-14-5-3-4-6-19(14)25-21(27)17-8-7-16(13-18(17)22(25)28)23(29)31-15(2)20(26)24-9-11-30-12-10-24/h3-8,13,15H,9-12H2,1-2H3. The average molecular weight is 422 g/mol. The summed E-state index contributed by atoms with van der Waals surface area (Å²) in [6.07, 6.45) is -0.973. The fourth-order valence-corrected chi connectivity index (χ4v) is 3.72. The molecule has 2 heterocycles. The van der Waals surface area contributed by atoms with Crippen LogP contribution in [0.1, 0.15) is 43.6 Å². The summed E-state index contributed by atoms with van der Waals surface area (Å²) >= 11 is 0. The highest BCUT2D eigenvalue weighted by Gasteiger charge is 2.38. The van der Waals surface area contributed by atoms with E-state index in [1.165, 1.54) is 25.1 Å². The summed E-state index contributed by atoms with van der Waals surface area (Å²) in [6.45, 7) is 5.12. The van der Waals surface area contributed by atoms with E-state index in [0.29, 0.717) is 32.0 Å². The summed E-state index contributed by atoms with van der Waals surface area (Å²) in [5.74, 6) is -1.97. The number of amides is 3. The van der Waals surface area contributed by atoms with E-state index in [0.717, 1.165) is 10.5 Å². The van der Waals surface area contributed by atoms with Gasteiger partial charge in [0.1, 0.15) is 0 Å². The monoisotopic (exact) mass is 422 g/mol. The summed E-state index contributed by atoms with van der Waals surface area (Å²) in [4.78, 5) is 53.5. The zero-order valence-corrected chi connectivity index (χ0v) is 17.3. The third-order valence-electron chi connectivity index (χ3n) is 5.43. The Labute approximate surface area is 179 Å². The van der Waals surface area contributed by atoms with Gasteiger partial charge in [0.2, 0.25) is 0 Å². The summed E-state index contributed by atoms with van der Waals surface area (Å²) in [6, 6.07) is 11.3. The van der Waals surface area contributed by atoms with Crippen LogP contribution in [0.25, 0.3) is 0 Å². The Hall–Kier alpha value is -3.52. The maximum absolute atomic E-state index is 13.0. The number of aryl methyl sites for hydroxylation is 1. The lowest BCUT2D eigenvalue weighted by atomic mass is 10.1. The smallest absolute Gasteiger partial charge is 0.338 e. The molecule has 2 aliphatic heterocycles. The van der Waals surface area contributed by atoms with Crippen LogP contribution in [-0.4, -0.2) is 61.0 Å². The van der Waals surface area contributed by atoms with E-state index in [2.05, 4.69) is 0 Å². The summed E-state index contributed by atoms with van der Waals surface area (Å²) < 4.78 is 10.5. The Morgan fingerprint density at radius 3 is 2.39 bits per heavy atom.